The van der Waals surface area contributed by atoms with Crippen LogP contribution in [0.15, 0.2) is 4.34 Å². The third kappa shape index (κ3) is 3.11. The fourth-order valence-electron chi connectivity index (χ4n) is 1.79. The lowest BCUT2D eigenvalue weighted by molar-refractivity contribution is 0.0946. The Morgan fingerprint density at radius 1 is 1.76 bits per heavy atom. The fourth-order valence-corrected chi connectivity index (χ4v) is 3.14. The van der Waals surface area contributed by atoms with Gasteiger partial charge in [0.15, 0.2) is 10.0 Å². The second-order valence-electron chi connectivity index (χ2n) is 3.90. The molecule has 0 unspecified atom stereocenters. The lowest BCUT2D eigenvalue weighted by Gasteiger charge is -2.10. The monoisotopic (exact) mass is 272 g/mol. The maximum atomic E-state index is 11.9. The quantitative estimate of drug-likeness (QED) is 0.711. The maximum Gasteiger partial charge on any atom is 0.273 e. The first-order valence-electron chi connectivity index (χ1n) is 5.52. The summed E-state index contributed by atoms with van der Waals surface area (Å²) in [5.74, 6) is -0.173. The minimum absolute atomic E-state index is 0.173. The van der Waals surface area contributed by atoms with Gasteiger partial charge >= 0.3 is 0 Å². The van der Waals surface area contributed by atoms with Gasteiger partial charge in [0.25, 0.3) is 5.91 Å². The van der Waals surface area contributed by atoms with Crippen LogP contribution in [0.3, 0.4) is 0 Å². The molecule has 4 N–H and O–H groups in total. The van der Waals surface area contributed by atoms with Crippen LogP contribution in [0.1, 0.15) is 23.3 Å². The van der Waals surface area contributed by atoms with Gasteiger partial charge in [-0.05, 0) is 25.6 Å². The van der Waals surface area contributed by atoms with E-state index in [-0.39, 0.29) is 5.91 Å². The SMILES string of the molecule is CSc1nc(C(=O)NC[C@H]2CCCN2)c(N)s1. The van der Waals surface area contributed by atoms with Crippen molar-refractivity contribution in [3.05, 3.63) is 5.69 Å². The molecule has 0 spiro atoms. The topological polar surface area (TPSA) is 80.0 Å². The molecule has 0 saturated carbocycles. The molecule has 1 amide bonds. The van der Waals surface area contributed by atoms with Crippen LogP contribution < -0.4 is 16.4 Å². The van der Waals surface area contributed by atoms with Gasteiger partial charge < -0.3 is 16.4 Å². The number of rotatable bonds is 4. The summed E-state index contributed by atoms with van der Waals surface area (Å²) >= 11 is 2.85. The predicted octanol–water partition coefficient (Wildman–Crippen LogP) is 0.929. The number of carbonyl (C=O) groups is 1. The molecule has 1 fully saturated rings. The Morgan fingerprint density at radius 3 is 3.18 bits per heavy atom. The van der Waals surface area contributed by atoms with Gasteiger partial charge in [-0.2, -0.15) is 0 Å². The van der Waals surface area contributed by atoms with Gasteiger partial charge in [-0.15, -0.1) is 0 Å². The zero-order valence-electron chi connectivity index (χ0n) is 9.66. The van der Waals surface area contributed by atoms with E-state index in [1.54, 1.807) is 0 Å². The number of nitrogen functional groups attached to an aromatic ring is 1. The van der Waals surface area contributed by atoms with Gasteiger partial charge in [0.1, 0.15) is 5.00 Å². The number of anilines is 1. The van der Waals surface area contributed by atoms with Crippen LogP contribution in [-0.4, -0.2) is 36.3 Å². The van der Waals surface area contributed by atoms with Gasteiger partial charge in [-0.25, -0.2) is 4.98 Å². The van der Waals surface area contributed by atoms with Crippen LogP contribution in [0.5, 0.6) is 0 Å². The molecule has 0 aliphatic carbocycles. The number of hydrogen-bond donors (Lipinski definition) is 3. The highest BCUT2D eigenvalue weighted by atomic mass is 32.2. The van der Waals surface area contributed by atoms with Crippen LogP contribution in [0.25, 0.3) is 0 Å². The third-order valence-corrected chi connectivity index (χ3v) is 4.56. The van der Waals surface area contributed by atoms with E-state index in [4.69, 9.17) is 5.73 Å². The second kappa shape index (κ2) is 5.70. The van der Waals surface area contributed by atoms with E-state index in [9.17, 15) is 4.79 Å². The maximum absolute atomic E-state index is 11.9. The largest absolute Gasteiger partial charge is 0.389 e. The summed E-state index contributed by atoms with van der Waals surface area (Å²) in [4.78, 5) is 16.1. The molecule has 5 nitrogen and oxygen atoms in total. The van der Waals surface area contributed by atoms with Crippen molar-refractivity contribution in [2.45, 2.75) is 23.2 Å². The van der Waals surface area contributed by atoms with Gasteiger partial charge in [-0.1, -0.05) is 23.1 Å². The minimum atomic E-state index is -0.173. The molecule has 0 radical (unpaired) electrons. The number of thiazole rings is 1. The Balaban J connectivity index is 1.91. The van der Waals surface area contributed by atoms with E-state index in [2.05, 4.69) is 15.6 Å². The summed E-state index contributed by atoms with van der Waals surface area (Å²) in [6.45, 7) is 1.68. The van der Waals surface area contributed by atoms with Crippen LogP contribution in [-0.2, 0) is 0 Å². The van der Waals surface area contributed by atoms with Gasteiger partial charge in [0.2, 0.25) is 0 Å². The first kappa shape index (κ1) is 12.7. The van der Waals surface area contributed by atoms with Crippen LogP contribution in [0, 0.1) is 0 Å². The highest BCUT2D eigenvalue weighted by Gasteiger charge is 2.19. The fraction of sp³-hybridized carbons (Fsp3) is 0.600. The number of nitrogens with two attached hydrogens (primary N) is 1. The molecule has 1 aromatic heterocycles. The number of aromatic nitrogens is 1. The Bertz CT molecular complexity index is 401. The molecule has 1 atom stereocenters. The average Bonchev–Trinajstić information content (AvgIpc) is 2.94. The van der Waals surface area contributed by atoms with Crippen molar-refractivity contribution in [1.82, 2.24) is 15.6 Å². The summed E-state index contributed by atoms with van der Waals surface area (Å²) < 4.78 is 0.826. The van der Waals surface area contributed by atoms with Crippen molar-refractivity contribution in [3.63, 3.8) is 0 Å². The van der Waals surface area contributed by atoms with Gasteiger partial charge in [0, 0.05) is 12.6 Å². The highest BCUT2D eigenvalue weighted by Crippen LogP contribution is 2.27. The van der Waals surface area contributed by atoms with Crippen molar-refractivity contribution < 1.29 is 4.79 Å². The molecule has 1 saturated heterocycles. The molecule has 2 rings (SSSR count). The summed E-state index contributed by atoms with van der Waals surface area (Å²) in [6, 6.07) is 0.388. The number of carbonyl (C=O) groups excluding carboxylic acids is 1. The zero-order chi connectivity index (χ0) is 12.3. The third-order valence-electron chi connectivity index (χ3n) is 2.69. The summed E-state index contributed by atoms with van der Waals surface area (Å²) in [5.41, 5.74) is 6.13. The van der Waals surface area contributed by atoms with Gasteiger partial charge in [-0.3, -0.25) is 4.79 Å². The molecule has 94 valence electrons. The Kier molecular flexibility index (Phi) is 4.25. The molecular formula is C10H16N4OS2. The van der Waals surface area contributed by atoms with E-state index in [0.29, 0.717) is 23.3 Å². The van der Waals surface area contributed by atoms with Gasteiger partial charge in [0.05, 0.1) is 0 Å². The second-order valence-corrected chi connectivity index (χ2v) is 5.98. The van der Waals surface area contributed by atoms with Crippen molar-refractivity contribution in [1.29, 1.82) is 0 Å². The standard InChI is InChI=1S/C10H16N4OS2/c1-16-10-14-7(8(11)17-10)9(15)13-5-6-3-2-4-12-6/h6,12H,2-5,11H2,1H3,(H,13,15)/t6-/m1/s1. The minimum Gasteiger partial charge on any atom is -0.389 e. The molecule has 7 heteroatoms. The van der Waals surface area contributed by atoms with Crippen molar-refractivity contribution in [3.8, 4) is 0 Å². The molecule has 0 bridgehead atoms. The molecule has 2 heterocycles. The van der Waals surface area contributed by atoms with E-state index in [1.165, 1.54) is 29.5 Å². The molecule has 0 aromatic carbocycles. The van der Waals surface area contributed by atoms with E-state index in [1.807, 2.05) is 6.26 Å². The Morgan fingerprint density at radius 2 is 2.59 bits per heavy atom. The number of nitrogens with zero attached hydrogens (tertiary/aromatic N) is 1. The van der Waals surface area contributed by atoms with Crippen molar-refractivity contribution in [2.75, 3.05) is 25.1 Å². The predicted molar refractivity (Wildman–Crippen MR) is 71.7 cm³/mol. The van der Waals surface area contributed by atoms with Crippen molar-refractivity contribution in [2.24, 2.45) is 0 Å². The van der Waals surface area contributed by atoms with Crippen LogP contribution in [0.2, 0.25) is 0 Å². The lowest BCUT2D eigenvalue weighted by atomic mass is 10.2. The normalized spacial score (nSPS) is 19.5. The number of nitrogens with one attached hydrogen (secondary N) is 2. The molecule has 17 heavy (non-hydrogen) atoms. The number of thioether (sulfide) groups is 1. The van der Waals surface area contributed by atoms with E-state index < -0.39 is 0 Å². The molecular weight excluding hydrogens is 256 g/mol. The first-order valence-corrected chi connectivity index (χ1v) is 7.56. The van der Waals surface area contributed by atoms with Crippen LogP contribution in [0.4, 0.5) is 5.00 Å². The molecule has 1 aliphatic rings. The molecule has 1 aliphatic heterocycles. The number of amides is 1. The smallest absolute Gasteiger partial charge is 0.273 e. The summed E-state index contributed by atoms with van der Waals surface area (Å²) in [7, 11) is 0. The first-order chi connectivity index (χ1) is 8.20. The number of hydrogen-bond acceptors (Lipinski definition) is 6. The Labute approximate surface area is 109 Å². The summed E-state index contributed by atoms with van der Waals surface area (Å²) in [5, 5.41) is 6.69. The average molecular weight is 272 g/mol. The summed E-state index contributed by atoms with van der Waals surface area (Å²) in [6.07, 6.45) is 4.21. The Hall–Kier alpha value is -0.790. The van der Waals surface area contributed by atoms with Crippen molar-refractivity contribution >= 4 is 34.0 Å². The molecule has 1 aromatic rings. The van der Waals surface area contributed by atoms with Crippen LogP contribution >= 0.6 is 23.1 Å². The highest BCUT2D eigenvalue weighted by molar-refractivity contribution is 8.00. The van der Waals surface area contributed by atoms with E-state index >= 15 is 0 Å². The lowest BCUT2D eigenvalue weighted by Crippen LogP contribution is -2.37. The zero-order valence-corrected chi connectivity index (χ0v) is 11.3. The van der Waals surface area contributed by atoms with E-state index in [0.717, 1.165) is 17.3 Å².